The standard InChI is InChI=1S/C38H53N3O6/c1-5-27-32(24-42)41-23-33(27)46-35-30(39-29-17-16-26(45-4)21-31(29)40-35)15-9-6-8-13-25-14-12-20-38(25,3)47-34(43)22-28(36(41)44)37(2)18-10-7-11-19-37/h16-17,21,24-25,27-28,32-33H,5-15,18-20,22-23H2,1-4H3/t25-,27+,28-,32-,33+,38-/m1/s1. The molecular formula is C38H53N3O6. The Labute approximate surface area is 279 Å². The lowest BCUT2D eigenvalue weighted by molar-refractivity contribution is -0.168. The lowest BCUT2D eigenvalue weighted by atomic mass is 9.65. The highest BCUT2D eigenvalue weighted by Crippen LogP contribution is 2.47. The van der Waals surface area contributed by atoms with Gasteiger partial charge in [0.15, 0.2) is 0 Å². The largest absolute Gasteiger partial charge is 0.497 e. The molecule has 9 heteroatoms. The van der Waals surface area contributed by atoms with Gasteiger partial charge in [-0.2, -0.15) is 0 Å². The maximum absolute atomic E-state index is 14.7. The Kier molecular flexibility index (Phi) is 10.1. The molecule has 9 nitrogen and oxygen atoms in total. The van der Waals surface area contributed by atoms with Crippen molar-refractivity contribution in [3.8, 4) is 11.6 Å². The van der Waals surface area contributed by atoms with E-state index in [9.17, 15) is 14.4 Å². The predicted molar refractivity (Wildman–Crippen MR) is 179 cm³/mol. The number of aryl methyl sites for hydroxylation is 1. The fourth-order valence-corrected chi connectivity index (χ4v) is 9.19. The Morgan fingerprint density at radius 2 is 1.74 bits per heavy atom. The zero-order valence-electron chi connectivity index (χ0n) is 28.8. The maximum atomic E-state index is 14.7. The molecule has 2 aliphatic heterocycles. The highest BCUT2D eigenvalue weighted by molar-refractivity contribution is 5.87. The summed E-state index contributed by atoms with van der Waals surface area (Å²) in [5.74, 6) is 0.298. The van der Waals surface area contributed by atoms with Crippen molar-refractivity contribution in [3.63, 3.8) is 0 Å². The molecule has 2 bridgehead atoms. The highest BCUT2D eigenvalue weighted by atomic mass is 16.6. The molecule has 0 radical (unpaired) electrons. The molecule has 0 spiro atoms. The quantitative estimate of drug-likeness (QED) is 0.258. The number of carbonyl (C=O) groups excluding carboxylic acids is 3. The average Bonchev–Trinajstić information content (AvgIpc) is 3.61. The molecule has 1 saturated heterocycles. The van der Waals surface area contributed by atoms with Crippen LogP contribution >= 0.6 is 0 Å². The van der Waals surface area contributed by atoms with Gasteiger partial charge in [0.2, 0.25) is 11.8 Å². The van der Waals surface area contributed by atoms with Crippen LogP contribution in [0.4, 0.5) is 0 Å². The molecule has 1 aromatic heterocycles. The third kappa shape index (κ3) is 6.86. The Morgan fingerprint density at radius 3 is 2.49 bits per heavy atom. The Bertz CT molecular complexity index is 1460. The van der Waals surface area contributed by atoms with Gasteiger partial charge in [-0.05, 0) is 88.2 Å². The van der Waals surface area contributed by atoms with E-state index in [0.717, 1.165) is 94.5 Å². The van der Waals surface area contributed by atoms with E-state index in [1.54, 1.807) is 12.0 Å². The van der Waals surface area contributed by atoms with Gasteiger partial charge in [0, 0.05) is 12.0 Å². The van der Waals surface area contributed by atoms with Gasteiger partial charge in [-0.15, -0.1) is 0 Å². The second kappa shape index (κ2) is 14.1. The van der Waals surface area contributed by atoms with Gasteiger partial charge in [0.05, 0.1) is 43.1 Å². The molecule has 1 aromatic carbocycles. The van der Waals surface area contributed by atoms with E-state index in [0.29, 0.717) is 35.9 Å². The Balaban J connectivity index is 1.39. The summed E-state index contributed by atoms with van der Waals surface area (Å²) in [6.07, 6.45) is 13.8. The summed E-state index contributed by atoms with van der Waals surface area (Å²) < 4.78 is 18.6. The minimum absolute atomic E-state index is 0.0458. The van der Waals surface area contributed by atoms with Crippen molar-refractivity contribution in [1.82, 2.24) is 14.9 Å². The summed E-state index contributed by atoms with van der Waals surface area (Å²) in [6, 6.07) is 5.04. The molecule has 256 valence electrons. The molecule has 2 aromatic rings. The number of esters is 1. The molecule has 47 heavy (non-hydrogen) atoms. The van der Waals surface area contributed by atoms with Crippen molar-refractivity contribution in [2.24, 2.45) is 23.2 Å². The van der Waals surface area contributed by atoms with Crippen LogP contribution in [-0.4, -0.2) is 64.4 Å². The maximum Gasteiger partial charge on any atom is 0.307 e. The molecule has 0 N–H and O–H groups in total. The number of ether oxygens (including phenoxy) is 3. The molecule has 6 atom stereocenters. The van der Waals surface area contributed by atoms with Gasteiger partial charge < -0.3 is 23.9 Å². The third-order valence-corrected chi connectivity index (χ3v) is 12.1. The summed E-state index contributed by atoms with van der Waals surface area (Å²) in [5.41, 5.74) is 1.42. The third-order valence-electron chi connectivity index (χ3n) is 12.1. The lowest BCUT2D eigenvalue weighted by Gasteiger charge is -2.42. The van der Waals surface area contributed by atoms with Crippen LogP contribution < -0.4 is 9.47 Å². The van der Waals surface area contributed by atoms with Crippen molar-refractivity contribution in [2.75, 3.05) is 13.7 Å². The van der Waals surface area contributed by atoms with Gasteiger partial charge in [-0.3, -0.25) is 9.59 Å². The minimum Gasteiger partial charge on any atom is -0.497 e. The van der Waals surface area contributed by atoms with E-state index in [4.69, 9.17) is 24.2 Å². The lowest BCUT2D eigenvalue weighted by Crippen LogP contribution is -2.48. The van der Waals surface area contributed by atoms with Gasteiger partial charge in [0.25, 0.3) is 0 Å². The first-order valence-electron chi connectivity index (χ1n) is 18.2. The van der Waals surface area contributed by atoms with Crippen LogP contribution in [0.25, 0.3) is 11.0 Å². The Morgan fingerprint density at radius 1 is 0.979 bits per heavy atom. The van der Waals surface area contributed by atoms with Crippen LogP contribution in [0.2, 0.25) is 0 Å². The molecule has 1 amide bonds. The number of hydrogen-bond acceptors (Lipinski definition) is 8. The number of aldehydes is 1. The molecule has 3 heterocycles. The van der Waals surface area contributed by atoms with Gasteiger partial charge in [-0.1, -0.05) is 46.0 Å². The van der Waals surface area contributed by atoms with Crippen LogP contribution in [0.5, 0.6) is 11.6 Å². The first-order chi connectivity index (χ1) is 22.7. The number of aromatic nitrogens is 2. The van der Waals surface area contributed by atoms with Crippen LogP contribution in [0.15, 0.2) is 18.2 Å². The molecule has 2 saturated carbocycles. The van der Waals surface area contributed by atoms with Crippen LogP contribution in [0.3, 0.4) is 0 Å². The number of fused-ring (bicyclic) bond motifs is 5. The molecule has 3 fully saturated rings. The highest BCUT2D eigenvalue weighted by Gasteiger charge is 2.51. The van der Waals surface area contributed by atoms with Crippen LogP contribution in [-0.2, 0) is 25.5 Å². The zero-order chi connectivity index (χ0) is 33.2. The summed E-state index contributed by atoms with van der Waals surface area (Å²) >= 11 is 0. The van der Waals surface area contributed by atoms with Crippen LogP contribution in [0, 0.1) is 23.2 Å². The van der Waals surface area contributed by atoms with Crippen LogP contribution in [0.1, 0.15) is 116 Å². The molecule has 0 unspecified atom stereocenters. The second-order valence-electron chi connectivity index (χ2n) is 15.1. The van der Waals surface area contributed by atoms with E-state index >= 15 is 0 Å². The first-order valence-corrected chi connectivity index (χ1v) is 18.2. The number of benzene rings is 1. The number of nitrogens with zero attached hydrogens (tertiary/aromatic N) is 3. The van der Waals surface area contributed by atoms with Gasteiger partial charge >= 0.3 is 5.97 Å². The van der Waals surface area contributed by atoms with Crippen molar-refractivity contribution < 1.29 is 28.6 Å². The van der Waals surface area contributed by atoms with Gasteiger partial charge in [-0.25, -0.2) is 9.97 Å². The first kappa shape index (κ1) is 33.7. The summed E-state index contributed by atoms with van der Waals surface area (Å²) in [4.78, 5) is 53.0. The van der Waals surface area contributed by atoms with E-state index in [2.05, 4.69) is 13.8 Å². The fraction of sp³-hybridized carbons (Fsp3) is 0.711. The predicted octanol–water partition coefficient (Wildman–Crippen LogP) is 7.02. The number of methoxy groups -OCH3 is 1. The van der Waals surface area contributed by atoms with Crippen molar-refractivity contribution in [1.29, 1.82) is 0 Å². The summed E-state index contributed by atoms with van der Waals surface area (Å²) in [7, 11) is 1.63. The number of hydrogen-bond donors (Lipinski definition) is 0. The van der Waals surface area contributed by atoms with Crippen molar-refractivity contribution in [3.05, 3.63) is 23.9 Å². The minimum atomic E-state index is -0.640. The molecule has 4 aliphatic rings. The number of amides is 1. The van der Waals surface area contributed by atoms with E-state index < -0.39 is 23.7 Å². The van der Waals surface area contributed by atoms with E-state index in [1.807, 2.05) is 25.1 Å². The number of carbonyl (C=O) groups is 3. The normalized spacial score (nSPS) is 32.0. The topological polar surface area (TPSA) is 108 Å². The monoisotopic (exact) mass is 647 g/mol. The van der Waals surface area contributed by atoms with Gasteiger partial charge in [0.1, 0.15) is 29.4 Å². The molecule has 2 aliphatic carbocycles. The molecular weight excluding hydrogens is 594 g/mol. The average molecular weight is 648 g/mol. The zero-order valence-corrected chi connectivity index (χ0v) is 28.8. The smallest absolute Gasteiger partial charge is 0.307 e. The second-order valence-corrected chi connectivity index (χ2v) is 15.1. The number of rotatable bonds is 4. The fourth-order valence-electron chi connectivity index (χ4n) is 9.19. The Hall–Kier alpha value is -3.23. The summed E-state index contributed by atoms with van der Waals surface area (Å²) in [6.45, 7) is 6.56. The summed E-state index contributed by atoms with van der Waals surface area (Å²) in [5, 5.41) is 0. The van der Waals surface area contributed by atoms with Crippen molar-refractivity contribution in [2.45, 2.75) is 135 Å². The SMILES string of the molecule is CC[C@@H]1[C@@H]2CN(C(=O)[C@H](C3(C)CCCCC3)CC(=O)O[C@]3(C)CCC[C@H]3CCCCCc3nc4ccc(OC)cc4nc3O2)[C@@H]1C=O. The van der Waals surface area contributed by atoms with Crippen molar-refractivity contribution >= 4 is 29.2 Å². The van der Waals surface area contributed by atoms with E-state index in [-0.39, 0.29) is 36.2 Å². The van der Waals surface area contributed by atoms with E-state index in [1.165, 1.54) is 0 Å². The molecule has 6 rings (SSSR count).